The highest BCUT2D eigenvalue weighted by Crippen LogP contribution is 2.20. The van der Waals surface area contributed by atoms with Crippen molar-refractivity contribution in [3.8, 4) is 0 Å². The van der Waals surface area contributed by atoms with Gasteiger partial charge in [0.1, 0.15) is 0 Å². The summed E-state index contributed by atoms with van der Waals surface area (Å²) in [6.07, 6.45) is 0. The van der Waals surface area contributed by atoms with Crippen molar-refractivity contribution in [3.63, 3.8) is 0 Å². The van der Waals surface area contributed by atoms with Gasteiger partial charge in [0, 0.05) is 36.8 Å². The number of nitrogens with zero attached hydrogens (tertiary/aromatic N) is 2. The normalized spacial score (nSPS) is 16.0. The van der Waals surface area contributed by atoms with Crippen LogP contribution in [-0.4, -0.2) is 49.7 Å². The zero-order valence-corrected chi connectivity index (χ0v) is 15.4. The Labute approximate surface area is 152 Å². The molecule has 1 heterocycles. The lowest BCUT2D eigenvalue weighted by molar-refractivity contribution is 0.0698. The molecule has 7 heteroatoms. The first-order valence-corrected chi connectivity index (χ1v) is 9.81. The van der Waals surface area contributed by atoms with Gasteiger partial charge in [-0.15, -0.1) is 0 Å². The van der Waals surface area contributed by atoms with Gasteiger partial charge in [-0.2, -0.15) is 4.31 Å². The van der Waals surface area contributed by atoms with Gasteiger partial charge in [-0.3, -0.25) is 4.79 Å². The molecule has 0 unspecified atom stereocenters. The maximum absolute atomic E-state index is 12.7. The van der Waals surface area contributed by atoms with Gasteiger partial charge in [0.15, 0.2) is 0 Å². The van der Waals surface area contributed by atoms with Crippen LogP contribution in [0.3, 0.4) is 0 Å². The first-order valence-electron chi connectivity index (χ1n) is 7.99. The maximum atomic E-state index is 12.7. The second-order valence-corrected chi connectivity index (χ2v) is 8.39. The van der Waals surface area contributed by atoms with Gasteiger partial charge in [-0.1, -0.05) is 23.7 Å². The molecular formula is C18H19ClN2O3S. The Balaban J connectivity index is 1.69. The van der Waals surface area contributed by atoms with Crippen molar-refractivity contribution in [1.82, 2.24) is 9.21 Å². The topological polar surface area (TPSA) is 57.7 Å². The summed E-state index contributed by atoms with van der Waals surface area (Å²) in [4.78, 5) is 14.5. The van der Waals surface area contributed by atoms with Crippen molar-refractivity contribution in [2.45, 2.75) is 11.8 Å². The minimum absolute atomic E-state index is 0.107. The highest BCUT2D eigenvalue weighted by atomic mass is 35.5. The van der Waals surface area contributed by atoms with Crippen molar-refractivity contribution < 1.29 is 13.2 Å². The lowest BCUT2D eigenvalue weighted by atomic mass is 10.2. The fraction of sp³-hybridized carbons (Fsp3) is 0.278. The third-order valence-corrected chi connectivity index (χ3v) is 6.39. The molecule has 1 aliphatic heterocycles. The number of sulfonamides is 1. The molecule has 3 rings (SSSR count). The van der Waals surface area contributed by atoms with Crippen LogP contribution in [0.1, 0.15) is 15.9 Å². The average molecular weight is 379 g/mol. The van der Waals surface area contributed by atoms with Crippen LogP contribution in [0.4, 0.5) is 0 Å². The predicted octanol–water partition coefficient (Wildman–Crippen LogP) is 2.80. The lowest BCUT2D eigenvalue weighted by Gasteiger charge is -2.34. The standard InChI is InChI=1S/C18H19ClN2O3S/c1-14-3-2-4-17(13-14)25(23,24)21-11-9-20(10-12-21)18(22)15-5-7-16(19)8-6-15/h2-8,13H,9-12H2,1H3. The van der Waals surface area contributed by atoms with Crippen LogP contribution in [0, 0.1) is 6.92 Å². The van der Waals surface area contributed by atoms with E-state index in [4.69, 9.17) is 11.6 Å². The van der Waals surface area contributed by atoms with E-state index in [2.05, 4.69) is 0 Å². The second kappa shape index (κ2) is 7.15. The summed E-state index contributed by atoms with van der Waals surface area (Å²) in [6, 6.07) is 13.6. The summed E-state index contributed by atoms with van der Waals surface area (Å²) in [5.74, 6) is -0.107. The number of carbonyl (C=O) groups excluding carboxylic acids is 1. The number of hydrogen-bond donors (Lipinski definition) is 0. The molecule has 0 saturated carbocycles. The van der Waals surface area contributed by atoms with Gasteiger partial charge in [0.2, 0.25) is 10.0 Å². The molecule has 0 aromatic heterocycles. The Kier molecular flexibility index (Phi) is 5.13. The Hall–Kier alpha value is -1.89. The maximum Gasteiger partial charge on any atom is 0.253 e. The largest absolute Gasteiger partial charge is 0.336 e. The van der Waals surface area contributed by atoms with Crippen molar-refractivity contribution >= 4 is 27.5 Å². The van der Waals surface area contributed by atoms with Crippen LogP contribution in [0.5, 0.6) is 0 Å². The molecule has 1 aliphatic rings. The molecule has 0 aliphatic carbocycles. The Morgan fingerprint density at radius 2 is 1.64 bits per heavy atom. The highest BCUT2D eigenvalue weighted by Gasteiger charge is 2.30. The third kappa shape index (κ3) is 3.86. The van der Waals surface area contributed by atoms with E-state index in [1.807, 2.05) is 13.0 Å². The van der Waals surface area contributed by atoms with E-state index in [1.54, 1.807) is 47.4 Å². The number of hydrogen-bond acceptors (Lipinski definition) is 3. The SMILES string of the molecule is Cc1cccc(S(=O)(=O)N2CCN(C(=O)c3ccc(Cl)cc3)CC2)c1. The fourth-order valence-corrected chi connectivity index (χ4v) is 4.48. The Morgan fingerprint density at radius 3 is 2.24 bits per heavy atom. The van der Waals surface area contributed by atoms with Gasteiger partial charge in [-0.05, 0) is 48.9 Å². The third-order valence-electron chi connectivity index (χ3n) is 4.24. The molecule has 25 heavy (non-hydrogen) atoms. The van der Waals surface area contributed by atoms with E-state index in [1.165, 1.54) is 4.31 Å². The number of halogens is 1. The van der Waals surface area contributed by atoms with E-state index in [9.17, 15) is 13.2 Å². The monoisotopic (exact) mass is 378 g/mol. The summed E-state index contributed by atoms with van der Waals surface area (Å²) in [5.41, 5.74) is 1.46. The van der Waals surface area contributed by atoms with E-state index < -0.39 is 10.0 Å². The summed E-state index contributed by atoms with van der Waals surface area (Å²) in [6.45, 7) is 3.17. The number of piperazine rings is 1. The molecular weight excluding hydrogens is 360 g/mol. The number of rotatable bonds is 3. The first-order chi connectivity index (χ1) is 11.9. The van der Waals surface area contributed by atoms with Gasteiger partial charge in [0.25, 0.3) is 5.91 Å². The number of benzene rings is 2. The van der Waals surface area contributed by atoms with Crippen molar-refractivity contribution in [3.05, 3.63) is 64.7 Å². The molecule has 1 fully saturated rings. The van der Waals surface area contributed by atoms with Crippen molar-refractivity contribution in [2.75, 3.05) is 26.2 Å². The minimum Gasteiger partial charge on any atom is -0.336 e. The smallest absolute Gasteiger partial charge is 0.253 e. The van der Waals surface area contributed by atoms with Crippen molar-refractivity contribution in [1.29, 1.82) is 0 Å². The van der Waals surface area contributed by atoms with Gasteiger partial charge >= 0.3 is 0 Å². The number of aryl methyl sites for hydroxylation is 1. The molecule has 1 amide bonds. The zero-order valence-electron chi connectivity index (χ0n) is 13.9. The zero-order chi connectivity index (χ0) is 18.0. The van der Waals surface area contributed by atoms with Gasteiger partial charge < -0.3 is 4.90 Å². The lowest BCUT2D eigenvalue weighted by Crippen LogP contribution is -2.50. The predicted molar refractivity (Wildman–Crippen MR) is 97.3 cm³/mol. The van der Waals surface area contributed by atoms with E-state index in [0.29, 0.717) is 28.6 Å². The highest BCUT2D eigenvalue weighted by molar-refractivity contribution is 7.89. The van der Waals surface area contributed by atoms with Gasteiger partial charge in [-0.25, -0.2) is 8.42 Å². The molecule has 132 valence electrons. The number of carbonyl (C=O) groups is 1. The van der Waals surface area contributed by atoms with Crippen LogP contribution in [-0.2, 0) is 10.0 Å². The molecule has 5 nitrogen and oxygen atoms in total. The summed E-state index contributed by atoms with van der Waals surface area (Å²) >= 11 is 5.84. The molecule has 0 spiro atoms. The molecule has 1 saturated heterocycles. The van der Waals surface area contributed by atoms with E-state index in [-0.39, 0.29) is 19.0 Å². The molecule has 0 radical (unpaired) electrons. The average Bonchev–Trinajstić information content (AvgIpc) is 2.62. The van der Waals surface area contributed by atoms with Crippen LogP contribution in [0.2, 0.25) is 5.02 Å². The molecule has 0 bridgehead atoms. The molecule has 0 N–H and O–H groups in total. The van der Waals surface area contributed by atoms with Crippen LogP contribution in [0.25, 0.3) is 0 Å². The van der Waals surface area contributed by atoms with E-state index in [0.717, 1.165) is 5.56 Å². The quantitative estimate of drug-likeness (QED) is 0.825. The first kappa shape index (κ1) is 17.9. The summed E-state index contributed by atoms with van der Waals surface area (Å²) < 4.78 is 26.9. The summed E-state index contributed by atoms with van der Waals surface area (Å²) in [7, 11) is -3.53. The molecule has 2 aromatic rings. The second-order valence-electron chi connectivity index (χ2n) is 6.02. The number of amides is 1. The fourth-order valence-electron chi connectivity index (χ4n) is 2.83. The Bertz CT molecular complexity index is 873. The van der Waals surface area contributed by atoms with E-state index >= 15 is 0 Å². The minimum atomic E-state index is -3.53. The van der Waals surface area contributed by atoms with Crippen LogP contribution < -0.4 is 0 Å². The van der Waals surface area contributed by atoms with Crippen molar-refractivity contribution in [2.24, 2.45) is 0 Å². The van der Waals surface area contributed by atoms with Crippen LogP contribution in [0.15, 0.2) is 53.4 Å². The molecule has 0 atom stereocenters. The Morgan fingerprint density at radius 1 is 1.00 bits per heavy atom. The van der Waals surface area contributed by atoms with Gasteiger partial charge in [0.05, 0.1) is 4.90 Å². The van der Waals surface area contributed by atoms with Crippen LogP contribution >= 0.6 is 11.6 Å². The molecule has 2 aromatic carbocycles. The summed E-state index contributed by atoms with van der Waals surface area (Å²) in [5, 5.41) is 0.575.